The molecule has 0 fully saturated rings. The van der Waals surface area contributed by atoms with E-state index < -0.39 is 0 Å². The molecule has 1 rings (SSSR count). The van der Waals surface area contributed by atoms with E-state index in [0.29, 0.717) is 29.2 Å². The fourth-order valence-corrected chi connectivity index (χ4v) is 1.82. The fraction of sp³-hybridized carbons (Fsp3) is 0.429. The Morgan fingerprint density at radius 1 is 1.30 bits per heavy atom. The number of hydrogen-bond acceptors (Lipinski definition) is 3. The molecule has 20 heavy (non-hydrogen) atoms. The zero-order valence-electron chi connectivity index (χ0n) is 11.8. The summed E-state index contributed by atoms with van der Waals surface area (Å²) in [5.74, 6) is -0.268. The van der Waals surface area contributed by atoms with Crippen LogP contribution in [-0.2, 0) is 4.79 Å². The van der Waals surface area contributed by atoms with Gasteiger partial charge in [-0.1, -0.05) is 11.6 Å². The lowest BCUT2D eigenvalue weighted by Crippen LogP contribution is -2.22. The van der Waals surface area contributed by atoms with Crippen LogP contribution in [0.5, 0.6) is 0 Å². The number of carbonyl (C=O) groups excluding carboxylic acids is 2. The van der Waals surface area contributed by atoms with E-state index in [2.05, 4.69) is 5.32 Å². The minimum absolute atomic E-state index is 0.130. The van der Waals surface area contributed by atoms with Gasteiger partial charge in [-0.25, -0.2) is 0 Å². The van der Waals surface area contributed by atoms with E-state index in [1.165, 1.54) is 4.90 Å². The van der Waals surface area contributed by atoms with Gasteiger partial charge in [0.1, 0.15) is 0 Å². The first kappa shape index (κ1) is 16.5. The molecule has 0 aromatic heterocycles. The number of nitrogens with one attached hydrogen (secondary N) is 1. The molecule has 0 saturated heterocycles. The summed E-state index contributed by atoms with van der Waals surface area (Å²) in [5.41, 5.74) is 6.32. The minimum atomic E-state index is -0.139. The summed E-state index contributed by atoms with van der Waals surface area (Å²) in [6.07, 6.45) is 1.93. The van der Waals surface area contributed by atoms with Crippen molar-refractivity contribution in [1.82, 2.24) is 4.90 Å². The number of benzene rings is 1. The van der Waals surface area contributed by atoms with Crippen LogP contribution in [0.15, 0.2) is 18.2 Å². The second-order valence-electron chi connectivity index (χ2n) is 4.69. The van der Waals surface area contributed by atoms with Crippen molar-refractivity contribution in [1.29, 1.82) is 0 Å². The molecular weight excluding hydrogens is 278 g/mol. The van der Waals surface area contributed by atoms with Gasteiger partial charge in [0.05, 0.1) is 10.7 Å². The molecule has 0 heterocycles. The Balaban J connectivity index is 2.76. The van der Waals surface area contributed by atoms with Gasteiger partial charge in [-0.05, 0) is 37.6 Å². The summed E-state index contributed by atoms with van der Waals surface area (Å²) in [4.78, 5) is 25.1. The van der Waals surface area contributed by atoms with Crippen molar-refractivity contribution in [2.45, 2.75) is 19.3 Å². The van der Waals surface area contributed by atoms with E-state index in [1.807, 2.05) is 0 Å². The summed E-state index contributed by atoms with van der Waals surface area (Å²) in [7, 11) is 3.34. The summed E-state index contributed by atoms with van der Waals surface area (Å²) in [6.45, 7) is 0.570. The van der Waals surface area contributed by atoms with Crippen molar-refractivity contribution < 1.29 is 9.59 Å². The second kappa shape index (κ2) is 7.87. The zero-order valence-corrected chi connectivity index (χ0v) is 12.5. The molecule has 110 valence electrons. The number of anilines is 1. The molecule has 3 N–H and O–H groups in total. The molecule has 5 nitrogen and oxygen atoms in total. The number of rotatable bonds is 6. The molecule has 0 radical (unpaired) electrons. The van der Waals surface area contributed by atoms with Crippen molar-refractivity contribution in [3.8, 4) is 0 Å². The number of halogens is 1. The van der Waals surface area contributed by atoms with E-state index in [-0.39, 0.29) is 11.8 Å². The zero-order chi connectivity index (χ0) is 15.1. The topological polar surface area (TPSA) is 75.4 Å². The van der Waals surface area contributed by atoms with E-state index in [4.69, 9.17) is 17.3 Å². The average molecular weight is 298 g/mol. The first-order chi connectivity index (χ1) is 9.45. The Hall–Kier alpha value is -1.59. The highest BCUT2D eigenvalue weighted by Gasteiger charge is 2.12. The van der Waals surface area contributed by atoms with Crippen LogP contribution < -0.4 is 11.1 Å². The lowest BCUT2D eigenvalue weighted by molar-refractivity contribution is -0.116. The predicted molar refractivity (Wildman–Crippen MR) is 81.0 cm³/mol. The third-order valence-electron chi connectivity index (χ3n) is 2.75. The Morgan fingerprint density at radius 3 is 2.60 bits per heavy atom. The number of carbonyl (C=O) groups is 2. The molecule has 6 heteroatoms. The van der Waals surface area contributed by atoms with Crippen molar-refractivity contribution in [3.63, 3.8) is 0 Å². The van der Waals surface area contributed by atoms with Gasteiger partial charge in [-0.3, -0.25) is 9.59 Å². The lowest BCUT2D eigenvalue weighted by Gasteiger charge is -2.13. The van der Waals surface area contributed by atoms with Crippen LogP contribution in [0.3, 0.4) is 0 Å². The number of unbranched alkanes of at least 4 members (excludes halogenated alkanes) is 1. The van der Waals surface area contributed by atoms with Crippen molar-refractivity contribution in [2.24, 2.45) is 5.73 Å². The standard InChI is InChI=1S/C14H20ClN3O2/c1-18(2)14(20)10-6-7-11(15)12(9-10)17-13(19)5-3-4-8-16/h6-7,9H,3-5,8,16H2,1-2H3,(H,17,19). The van der Waals surface area contributed by atoms with Crippen LogP contribution in [0, 0.1) is 0 Å². The normalized spacial score (nSPS) is 10.2. The fourth-order valence-electron chi connectivity index (χ4n) is 1.65. The number of hydrogen-bond donors (Lipinski definition) is 2. The molecule has 0 aliphatic rings. The molecule has 1 aromatic rings. The first-order valence-corrected chi connectivity index (χ1v) is 6.84. The highest BCUT2D eigenvalue weighted by Crippen LogP contribution is 2.23. The molecule has 0 aliphatic carbocycles. The van der Waals surface area contributed by atoms with Crippen LogP contribution >= 0.6 is 11.6 Å². The Bertz CT molecular complexity index is 489. The summed E-state index contributed by atoms with van der Waals surface area (Å²) < 4.78 is 0. The van der Waals surface area contributed by atoms with Gasteiger partial charge in [0, 0.05) is 26.1 Å². The molecular formula is C14H20ClN3O2. The number of nitrogens with two attached hydrogens (primary N) is 1. The van der Waals surface area contributed by atoms with Gasteiger partial charge >= 0.3 is 0 Å². The van der Waals surface area contributed by atoms with Crippen molar-refractivity contribution in [3.05, 3.63) is 28.8 Å². The van der Waals surface area contributed by atoms with Crippen molar-refractivity contribution in [2.75, 3.05) is 26.0 Å². The van der Waals surface area contributed by atoms with Gasteiger partial charge in [0.2, 0.25) is 5.91 Å². The maximum absolute atomic E-state index is 11.9. The molecule has 0 saturated carbocycles. The molecule has 0 bridgehead atoms. The van der Waals surface area contributed by atoms with Crippen LogP contribution in [0.25, 0.3) is 0 Å². The Labute approximate surface area is 124 Å². The molecule has 2 amide bonds. The van der Waals surface area contributed by atoms with Gasteiger partial charge in [0.15, 0.2) is 0 Å². The Kier molecular flexibility index (Phi) is 6.48. The predicted octanol–water partition coefficient (Wildman–Crippen LogP) is 2.11. The molecule has 1 aromatic carbocycles. The summed E-state index contributed by atoms with van der Waals surface area (Å²) in [5, 5.41) is 3.13. The number of nitrogens with zero attached hydrogens (tertiary/aromatic N) is 1. The van der Waals surface area contributed by atoms with Gasteiger partial charge in [0.25, 0.3) is 5.91 Å². The van der Waals surface area contributed by atoms with Crippen LogP contribution in [0.1, 0.15) is 29.6 Å². The van der Waals surface area contributed by atoms with E-state index in [1.54, 1.807) is 32.3 Å². The summed E-state index contributed by atoms with van der Waals surface area (Å²) in [6, 6.07) is 4.83. The SMILES string of the molecule is CN(C)C(=O)c1ccc(Cl)c(NC(=O)CCCCN)c1. The molecule has 0 aliphatic heterocycles. The van der Waals surface area contributed by atoms with E-state index in [0.717, 1.165) is 12.8 Å². The van der Waals surface area contributed by atoms with E-state index in [9.17, 15) is 9.59 Å². The third-order valence-corrected chi connectivity index (χ3v) is 3.08. The lowest BCUT2D eigenvalue weighted by atomic mass is 10.1. The highest BCUT2D eigenvalue weighted by atomic mass is 35.5. The number of amides is 2. The molecule has 0 spiro atoms. The van der Waals surface area contributed by atoms with E-state index >= 15 is 0 Å². The summed E-state index contributed by atoms with van der Waals surface area (Å²) >= 11 is 6.03. The van der Waals surface area contributed by atoms with Gasteiger partial charge in [-0.15, -0.1) is 0 Å². The third kappa shape index (κ3) is 4.83. The van der Waals surface area contributed by atoms with Crippen LogP contribution in [0.4, 0.5) is 5.69 Å². The Morgan fingerprint density at radius 2 is 2.00 bits per heavy atom. The van der Waals surface area contributed by atoms with Gasteiger partial charge in [-0.2, -0.15) is 0 Å². The molecule has 0 atom stereocenters. The van der Waals surface area contributed by atoms with Crippen LogP contribution in [0.2, 0.25) is 5.02 Å². The minimum Gasteiger partial charge on any atom is -0.345 e. The maximum Gasteiger partial charge on any atom is 0.253 e. The maximum atomic E-state index is 11.9. The monoisotopic (exact) mass is 297 g/mol. The second-order valence-corrected chi connectivity index (χ2v) is 5.10. The quantitative estimate of drug-likeness (QED) is 0.790. The first-order valence-electron chi connectivity index (χ1n) is 6.47. The smallest absolute Gasteiger partial charge is 0.253 e. The van der Waals surface area contributed by atoms with Gasteiger partial charge < -0.3 is 16.0 Å². The largest absolute Gasteiger partial charge is 0.345 e. The van der Waals surface area contributed by atoms with Crippen molar-refractivity contribution >= 4 is 29.1 Å². The van der Waals surface area contributed by atoms with Crippen LogP contribution in [-0.4, -0.2) is 37.4 Å². The highest BCUT2D eigenvalue weighted by molar-refractivity contribution is 6.33. The average Bonchev–Trinajstić information content (AvgIpc) is 2.40. The molecule has 0 unspecified atom stereocenters.